The highest BCUT2D eigenvalue weighted by molar-refractivity contribution is 5.83. The van der Waals surface area contributed by atoms with Gasteiger partial charge in [0.05, 0.1) is 11.1 Å². The van der Waals surface area contributed by atoms with Crippen LogP contribution in [0.5, 0.6) is 0 Å². The van der Waals surface area contributed by atoms with E-state index in [9.17, 15) is 10.1 Å². The number of nitrogens with one attached hydrogen (secondary N) is 1. The monoisotopic (exact) mass is 363 g/mol. The molecule has 0 radical (unpaired) electrons. The van der Waals surface area contributed by atoms with Gasteiger partial charge < -0.3 is 4.57 Å². The Hall–Kier alpha value is -3.48. The molecule has 0 atom stereocenters. The lowest BCUT2D eigenvalue weighted by Crippen LogP contribution is -2.03. The Bertz CT molecular complexity index is 1040. The minimum absolute atomic E-state index is 0.113. The van der Waals surface area contributed by atoms with Crippen molar-refractivity contribution in [2.45, 2.75) is 27.7 Å². The number of aromatic nitrogens is 2. The number of rotatable bonds is 5. The molecule has 0 aliphatic rings. The first kappa shape index (κ1) is 18.3. The minimum atomic E-state index is -0.489. The largest absolute Gasteiger partial charge is 0.318 e. The van der Waals surface area contributed by atoms with Crippen LogP contribution in [0.4, 0.5) is 11.5 Å². The van der Waals surface area contributed by atoms with Gasteiger partial charge in [0.25, 0.3) is 0 Å². The predicted molar refractivity (Wildman–Crippen MR) is 107 cm³/mol. The fourth-order valence-electron chi connectivity index (χ4n) is 3.06. The van der Waals surface area contributed by atoms with E-state index < -0.39 is 4.92 Å². The molecule has 0 aliphatic heterocycles. The van der Waals surface area contributed by atoms with Crippen molar-refractivity contribution in [3.05, 3.63) is 80.8 Å². The van der Waals surface area contributed by atoms with Crippen molar-refractivity contribution >= 4 is 17.7 Å². The number of pyridine rings is 1. The summed E-state index contributed by atoms with van der Waals surface area (Å²) in [6, 6.07) is 11.2. The average Bonchev–Trinajstić information content (AvgIpc) is 2.91. The second-order valence-electron chi connectivity index (χ2n) is 6.38. The second-order valence-corrected chi connectivity index (χ2v) is 6.38. The van der Waals surface area contributed by atoms with Gasteiger partial charge in [-0.25, -0.2) is 4.98 Å². The van der Waals surface area contributed by atoms with E-state index >= 15 is 0 Å². The SMILES string of the molecule is Cc1cccc(-n2c(C)cc(/C=N\Nc3ncccc3[N+](=O)[O-])c2C)c1C. The maximum atomic E-state index is 11.0. The predicted octanol–water partition coefficient (Wildman–Crippen LogP) is 4.46. The number of anilines is 1. The molecule has 0 spiro atoms. The van der Waals surface area contributed by atoms with Gasteiger partial charge in [0.15, 0.2) is 0 Å². The lowest BCUT2D eigenvalue weighted by atomic mass is 10.1. The van der Waals surface area contributed by atoms with Crippen molar-refractivity contribution < 1.29 is 4.92 Å². The summed E-state index contributed by atoms with van der Waals surface area (Å²) in [5, 5.41) is 15.2. The van der Waals surface area contributed by atoms with E-state index in [2.05, 4.69) is 46.1 Å². The van der Waals surface area contributed by atoms with Crippen molar-refractivity contribution in [1.82, 2.24) is 9.55 Å². The Labute approximate surface area is 157 Å². The van der Waals surface area contributed by atoms with Gasteiger partial charge in [-0.1, -0.05) is 12.1 Å². The van der Waals surface area contributed by atoms with Crippen molar-refractivity contribution in [3.8, 4) is 5.69 Å². The van der Waals surface area contributed by atoms with E-state index in [4.69, 9.17) is 0 Å². The van der Waals surface area contributed by atoms with Crippen molar-refractivity contribution in [1.29, 1.82) is 0 Å². The number of hydrazone groups is 1. The molecule has 3 aromatic rings. The Morgan fingerprint density at radius 2 is 1.96 bits per heavy atom. The molecule has 0 unspecified atom stereocenters. The van der Waals surface area contributed by atoms with Gasteiger partial charge >= 0.3 is 5.69 Å². The smallest absolute Gasteiger partial charge is 0.313 e. The number of hydrogen-bond acceptors (Lipinski definition) is 5. The minimum Gasteiger partial charge on any atom is -0.318 e. The third kappa shape index (κ3) is 3.57. The number of aryl methyl sites for hydroxylation is 2. The molecule has 7 nitrogen and oxygen atoms in total. The first-order chi connectivity index (χ1) is 12.9. The van der Waals surface area contributed by atoms with Gasteiger partial charge in [-0.2, -0.15) is 5.10 Å². The van der Waals surface area contributed by atoms with E-state index in [1.54, 1.807) is 6.21 Å². The summed E-state index contributed by atoms with van der Waals surface area (Å²) in [6.07, 6.45) is 3.14. The van der Waals surface area contributed by atoms with E-state index in [1.165, 1.54) is 29.5 Å². The van der Waals surface area contributed by atoms with Crippen LogP contribution in [0.3, 0.4) is 0 Å². The summed E-state index contributed by atoms with van der Waals surface area (Å²) in [5.74, 6) is 0.113. The third-order valence-corrected chi connectivity index (χ3v) is 4.64. The lowest BCUT2D eigenvalue weighted by Gasteiger charge is -2.14. The summed E-state index contributed by atoms with van der Waals surface area (Å²) >= 11 is 0. The Balaban J connectivity index is 1.91. The summed E-state index contributed by atoms with van der Waals surface area (Å²) in [7, 11) is 0. The van der Waals surface area contributed by atoms with E-state index in [1.807, 2.05) is 26.0 Å². The maximum Gasteiger partial charge on any atom is 0.313 e. The number of benzene rings is 1. The Morgan fingerprint density at radius 1 is 1.19 bits per heavy atom. The number of hydrogen-bond donors (Lipinski definition) is 1. The quantitative estimate of drug-likeness (QED) is 0.412. The zero-order chi connectivity index (χ0) is 19.6. The molecule has 0 saturated carbocycles. The molecule has 0 amide bonds. The van der Waals surface area contributed by atoms with Crippen molar-refractivity contribution in [2.75, 3.05) is 5.43 Å². The first-order valence-corrected chi connectivity index (χ1v) is 8.54. The molecule has 0 fully saturated rings. The van der Waals surface area contributed by atoms with Crippen LogP contribution in [0, 0.1) is 37.8 Å². The molecule has 27 heavy (non-hydrogen) atoms. The van der Waals surface area contributed by atoms with Crippen molar-refractivity contribution in [3.63, 3.8) is 0 Å². The average molecular weight is 363 g/mol. The molecule has 0 aliphatic carbocycles. The van der Waals surface area contributed by atoms with Crippen LogP contribution in [0.25, 0.3) is 5.69 Å². The zero-order valence-corrected chi connectivity index (χ0v) is 15.7. The maximum absolute atomic E-state index is 11.0. The lowest BCUT2D eigenvalue weighted by molar-refractivity contribution is -0.384. The van der Waals surface area contributed by atoms with Gasteiger partial charge in [-0.15, -0.1) is 0 Å². The van der Waals surface area contributed by atoms with E-state index in [0.717, 1.165) is 22.6 Å². The molecule has 3 rings (SSSR count). The number of nitro groups is 1. The van der Waals surface area contributed by atoms with Crippen LogP contribution < -0.4 is 5.43 Å². The molecular weight excluding hydrogens is 342 g/mol. The standard InChI is InChI=1S/C20H21N5O2/c1-13-7-5-8-18(15(13)3)24-14(2)11-17(16(24)4)12-22-23-20-19(25(26)27)9-6-10-21-20/h5-12H,1-4H3,(H,21,23)/b22-12-. The van der Waals surface area contributed by atoms with Gasteiger partial charge in [0.2, 0.25) is 5.82 Å². The molecule has 0 bridgehead atoms. The Kier molecular flexibility index (Phi) is 5.03. The second kappa shape index (κ2) is 7.41. The summed E-state index contributed by atoms with van der Waals surface area (Å²) in [6.45, 7) is 8.28. The first-order valence-electron chi connectivity index (χ1n) is 8.54. The van der Waals surface area contributed by atoms with Gasteiger partial charge in [-0.05, 0) is 57.0 Å². The highest BCUT2D eigenvalue weighted by atomic mass is 16.6. The van der Waals surface area contributed by atoms with Gasteiger partial charge in [-0.3, -0.25) is 15.5 Å². The topological polar surface area (TPSA) is 85.3 Å². The van der Waals surface area contributed by atoms with Crippen LogP contribution in [-0.2, 0) is 0 Å². The fraction of sp³-hybridized carbons (Fsp3) is 0.200. The molecule has 7 heteroatoms. The van der Waals surface area contributed by atoms with Crippen LogP contribution in [0.15, 0.2) is 47.7 Å². The van der Waals surface area contributed by atoms with Crippen molar-refractivity contribution in [2.24, 2.45) is 5.10 Å². The number of nitrogens with zero attached hydrogens (tertiary/aromatic N) is 4. The summed E-state index contributed by atoms with van der Waals surface area (Å²) in [4.78, 5) is 14.5. The van der Waals surface area contributed by atoms with Crippen LogP contribution >= 0.6 is 0 Å². The summed E-state index contributed by atoms with van der Waals surface area (Å²) in [5.41, 5.74) is 9.21. The molecule has 1 aromatic carbocycles. The molecule has 1 N–H and O–H groups in total. The molecule has 2 heterocycles. The highest BCUT2D eigenvalue weighted by Gasteiger charge is 2.14. The third-order valence-electron chi connectivity index (χ3n) is 4.64. The van der Waals surface area contributed by atoms with Gasteiger partial charge in [0, 0.05) is 34.9 Å². The highest BCUT2D eigenvalue weighted by Crippen LogP contribution is 2.24. The normalized spacial score (nSPS) is 11.1. The zero-order valence-electron chi connectivity index (χ0n) is 15.7. The van der Waals surface area contributed by atoms with E-state index in [-0.39, 0.29) is 11.5 Å². The summed E-state index contributed by atoms with van der Waals surface area (Å²) < 4.78 is 2.19. The van der Waals surface area contributed by atoms with Crippen LogP contribution in [-0.4, -0.2) is 20.7 Å². The Morgan fingerprint density at radius 3 is 2.70 bits per heavy atom. The molecular formula is C20H21N5O2. The molecule has 138 valence electrons. The molecule has 2 aromatic heterocycles. The fourth-order valence-corrected chi connectivity index (χ4v) is 3.06. The van der Waals surface area contributed by atoms with Crippen LogP contribution in [0.1, 0.15) is 28.1 Å². The molecule has 0 saturated heterocycles. The van der Waals surface area contributed by atoms with Crippen LogP contribution in [0.2, 0.25) is 0 Å². The van der Waals surface area contributed by atoms with Gasteiger partial charge in [0.1, 0.15) is 0 Å². The van der Waals surface area contributed by atoms with E-state index in [0.29, 0.717) is 0 Å².